The second kappa shape index (κ2) is 8.11. The molecule has 2 heterocycles. The lowest BCUT2D eigenvalue weighted by atomic mass is 9.88. The van der Waals surface area contributed by atoms with E-state index in [9.17, 15) is 14.7 Å². The number of amides is 1. The van der Waals surface area contributed by atoms with Gasteiger partial charge in [0.15, 0.2) is 0 Å². The summed E-state index contributed by atoms with van der Waals surface area (Å²) in [5.41, 5.74) is 6.39. The van der Waals surface area contributed by atoms with Gasteiger partial charge in [0.2, 0.25) is 5.91 Å². The number of nitrogens with zero attached hydrogens (tertiary/aromatic N) is 2. The number of carboxylic acid groups (broad SMARTS) is 1. The minimum absolute atomic E-state index is 0.166. The van der Waals surface area contributed by atoms with Gasteiger partial charge in [-0.05, 0) is 77.1 Å². The highest BCUT2D eigenvalue weighted by Crippen LogP contribution is 2.65. The first kappa shape index (κ1) is 23.3. The molecule has 2 atom stereocenters. The molecule has 2 N–H and O–H groups in total. The average Bonchev–Trinajstić information content (AvgIpc) is 3.49. The zero-order valence-corrected chi connectivity index (χ0v) is 21.3. The minimum atomic E-state index is -0.992. The Morgan fingerprint density at radius 3 is 2.54 bits per heavy atom. The summed E-state index contributed by atoms with van der Waals surface area (Å²) in [4.78, 5) is 24.9. The first-order chi connectivity index (χ1) is 18.8. The third kappa shape index (κ3) is 3.43. The van der Waals surface area contributed by atoms with Crippen LogP contribution in [0.5, 0.6) is 0 Å². The summed E-state index contributed by atoms with van der Waals surface area (Å²) in [6.45, 7) is 1.75. The van der Waals surface area contributed by atoms with Crippen LogP contribution in [0, 0.1) is 12.7 Å². The third-order valence-corrected chi connectivity index (χ3v) is 8.37. The van der Waals surface area contributed by atoms with Crippen LogP contribution in [0.15, 0.2) is 79.0 Å². The van der Waals surface area contributed by atoms with Crippen molar-refractivity contribution in [2.75, 3.05) is 5.32 Å². The topological polar surface area (TPSA) is 84.2 Å². The third-order valence-electron chi connectivity index (χ3n) is 8.37. The molecule has 0 radical (unpaired) electrons. The van der Waals surface area contributed by atoms with Crippen molar-refractivity contribution in [1.82, 2.24) is 9.78 Å². The van der Waals surface area contributed by atoms with Crippen LogP contribution < -0.4 is 5.32 Å². The maximum Gasteiger partial charge on any atom is 0.335 e. The molecule has 7 heteroatoms. The van der Waals surface area contributed by atoms with Crippen molar-refractivity contribution in [3.8, 4) is 22.3 Å². The number of carboxylic acids is 1. The van der Waals surface area contributed by atoms with Crippen molar-refractivity contribution >= 4 is 28.5 Å². The Hall–Kier alpha value is -4.78. The molecule has 39 heavy (non-hydrogen) atoms. The number of aromatic carboxylic acids is 1. The minimum Gasteiger partial charge on any atom is -0.478 e. The highest BCUT2D eigenvalue weighted by atomic mass is 19.1. The number of anilines is 1. The van der Waals surface area contributed by atoms with Crippen LogP contribution >= 0.6 is 0 Å². The second-order valence-corrected chi connectivity index (χ2v) is 10.6. The summed E-state index contributed by atoms with van der Waals surface area (Å²) >= 11 is 0. The fourth-order valence-electron chi connectivity index (χ4n) is 6.11. The molecule has 1 aliphatic heterocycles. The molecule has 1 aliphatic carbocycles. The molecule has 5 aromatic rings. The van der Waals surface area contributed by atoms with Crippen LogP contribution in [0.3, 0.4) is 0 Å². The van der Waals surface area contributed by atoms with Gasteiger partial charge >= 0.3 is 5.97 Å². The largest absolute Gasteiger partial charge is 0.478 e. The van der Waals surface area contributed by atoms with E-state index < -0.39 is 17.2 Å². The fraction of sp³-hybridized carbons (Fsp3) is 0.156. The van der Waals surface area contributed by atoms with E-state index in [0.717, 1.165) is 38.7 Å². The molecular weight excluding hydrogens is 493 g/mol. The molecule has 0 bridgehead atoms. The van der Waals surface area contributed by atoms with Gasteiger partial charge in [0.25, 0.3) is 0 Å². The van der Waals surface area contributed by atoms with Crippen molar-refractivity contribution in [1.29, 1.82) is 0 Å². The first-order valence-electron chi connectivity index (χ1n) is 12.8. The number of halogens is 1. The molecule has 2 aliphatic rings. The number of fused-ring (bicyclic) bond motifs is 3. The van der Waals surface area contributed by atoms with E-state index in [4.69, 9.17) is 0 Å². The molecule has 1 fully saturated rings. The number of carbonyl (C=O) groups excluding carboxylic acids is 1. The average molecular weight is 518 g/mol. The maximum atomic E-state index is 15.3. The number of rotatable bonds is 4. The van der Waals surface area contributed by atoms with E-state index in [1.165, 1.54) is 6.07 Å². The molecule has 1 spiro atoms. The summed E-state index contributed by atoms with van der Waals surface area (Å²) in [7, 11) is 1.91. The van der Waals surface area contributed by atoms with Gasteiger partial charge in [-0.25, -0.2) is 9.18 Å². The van der Waals surface area contributed by atoms with E-state index in [0.29, 0.717) is 23.2 Å². The highest BCUT2D eigenvalue weighted by Gasteiger charge is 2.65. The van der Waals surface area contributed by atoms with Crippen LogP contribution in [0.1, 0.15) is 39.4 Å². The monoisotopic (exact) mass is 517 g/mol. The van der Waals surface area contributed by atoms with E-state index >= 15 is 4.39 Å². The molecule has 6 nitrogen and oxygen atoms in total. The molecule has 1 saturated carbocycles. The number of hydrogen-bond acceptors (Lipinski definition) is 3. The van der Waals surface area contributed by atoms with E-state index in [-0.39, 0.29) is 17.4 Å². The van der Waals surface area contributed by atoms with Crippen molar-refractivity contribution in [3.05, 3.63) is 107 Å². The lowest BCUT2D eigenvalue weighted by Crippen LogP contribution is -2.21. The van der Waals surface area contributed by atoms with Crippen LogP contribution in [0.2, 0.25) is 0 Å². The van der Waals surface area contributed by atoms with Gasteiger partial charge in [-0.2, -0.15) is 5.10 Å². The molecule has 192 valence electrons. The van der Waals surface area contributed by atoms with Gasteiger partial charge in [0.1, 0.15) is 5.82 Å². The van der Waals surface area contributed by atoms with Crippen molar-refractivity contribution in [2.24, 2.45) is 7.05 Å². The van der Waals surface area contributed by atoms with E-state index in [1.54, 1.807) is 25.1 Å². The lowest BCUT2D eigenvalue weighted by Gasteiger charge is -2.13. The van der Waals surface area contributed by atoms with Crippen LogP contribution in [-0.4, -0.2) is 26.8 Å². The lowest BCUT2D eigenvalue weighted by molar-refractivity contribution is -0.118. The van der Waals surface area contributed by atoms with Crippen molar-refractivity contribution in [2.45, 2.75) is 24.7 Å². The van der Waals surface area contributed by atoms with Gasteiger partial charge in [-0.3, -0.25) is 9.48 Å². The number of nitrogens with one attached hydrogen (secondary N) is 1. The summed E-state index contributed by atoms with van der Waals surface area (Å²) in [5, 5.41) is 17.8. The quantitative estimate of drug-likeness (QED) is 0.288. The van der Waals surface area contributed by atoms with Crippen molar-refractivity contribution < 1.29 is 19.1 Å². The molecular formula is C32H24FN3O3. The van der Waals surface area contributed by atoms with Gasteiger partial charge in [-0.1, -0.05) is 42.5 Å². The number of hydrogen-bond donors (Lipinski definition) is 2. The summed E-state index contributed by atoms with van der Waals surface area (Å²) < 4.78 is 17.1. The fourth-order valence-corrected chi connectivity index (χ4v) is 6.11. The zero-order chi connectivity index (χ0) is 27.1. The molecule has 7 rings (SSSR count). The van der Waals surface area contributed by atoms with E-state index in [1.807, 2.05) is 60.4 Å². The highest BCUT2D eigenvalue weighted by molar-refractivity contribution is 6.10. The summed E-state index contributed by atoms with van der Waals surface area (Å²) in [5.74, 6) is -1.73. The molecule has 2 unspecified atom stereocenters. The zero-order valence-electron chi connectivity index (χ0n) is 21.3. The number of carbonyl (C=O) groups is 2. The molecule has 1 aromatic heterocycles. The second-order valence-electron chi connectivity index (χ2n) is 10.6. The first-order valence-corrected chi connectivity index (χ1v) is 12.8. The smallest absolute Gasteiger partial charge is 0.335 e. The van der Waals surface area contributed by atoms with Crippen LogP contribution in [0.25, 0.3) is 33.2 Å². The Balaban J connectivity index is 1.24. The van der Waals surface area contributed by atoms with Gasteiger partial charge in [-0.15, -0.1) is 0 Å². The molecule has 1 amide bonds. The van der Waals surface area contributed by atoms with Gasteiger partial charge < -0.3 is 10.4 Å². The van der Waals surface area contributed by atoms with E-state index in [2.05, 4.69) is 16.5 Å². The van der Waals surface area contributed by atoms with Gasteiger partial charge in [0.05, 0.1) is 22.7 Å². The summed E-state index contributed by atoms with van der Waals surface area (Å²) in [6, 6.07) is 22.4. The SMILES string of the molecule is Cc1ccc(C2CC23C(=O)Nc2cc(F)c(-c4ccc(-c5ccc6c(cnn6C)c5)cc4)cc23)cc1C(=O)O. The molecule has 0 saturated heterocycles. The Bertz CT molecular complexity index is 1860. The Morgan fingerprint density at radius 2 is 1.77 bits per heavy atom. The number of benzene rings is 4. The predicted molar refractivity (Wildman–Crippen MR) is 147 cm³/mol. The van der Waals surface area contributed by atoms with Crippen molar-refractivity contribution in [3.63, 3.8) is 0 Å². The number of aromatic nitrogens is 2. The van der Waals surface area contributed by atoms with Gasteiger partial charge in [0, 0.05) is 29.6 Å². The summed E-state index contributed by atoms with van der Waals surface area (Å²) in [6.07, 6.45) is 2.39. The van der Waals surface area contributed by atoms with Crippen LogP contribution in [0.4, 0.5) is 10.1 Å². The maximum absolute atomic E-state index is 15.3. The standard InChI is InChI=1S/C32H24FN3O3/c1-17-3-4-21(12-23(17)30(37)38)26-15-32(26)25-13-24(27(33)14-28(25)35-31(32)39)19-7-5-18(6-8-19)20-9-10-29-22(11-20)16-34-36(29)2/h3-14,16,26H,15H2,1-2H3,(H,35,39)(H,37,38). The Labute approximate surface area is 223 Å². The predicted octanol–water partition coefficient (Wildman–Crippen LogP) is 6.43. The Kier molecular flexibility index (Phi) is 4.85. The Morgan fingerprint density at radius 1 is 1.03 bits per heavy atom. The number of aryl methyl sites for hydroxylation is 2. The normalized spacial score (nSPS) is 19.4. The van der Waals surface area contributed by atoms with Crippen LogP contribution in [-0.2, 0) is 17.3 Å². The molecule has 4 aromatic carbocycles.